The Kier molecular flexibility index (Phi) is 9.26. The second-order valence-corrected chi connectivity index (χ2v) is 10.4. The smallest absolute Gasteiger partial charge is 0.338 e. The lowest BCUT2D eigenvalue weighted by molar-refractivity contribution is -0.143. The summed E-state index contributed by atoms with van der Waals surface area (Å²) in [5, 5.41) is 17.1. The number of amides is 1. The number of benzene rings is 1. The van der Waals surface area contributed by atoms with E-state index in [9.17, 15) is 14.4 Å². The minimum absolute atomic E-state index is 0.198. The van der Waals surface area contributed by atoms with Gasteiger partial charge in [-0.25, -0.2) is 9.78 Å². The first-order chi connectivity index (χ1) is 18.3. The van der Waals surface area contributed by atoms with Crippen molar-refractivity contribution in [3.8, 4) is 0 Å². The van der Waals surface area contributed by atoms with E-state index in [1.165, 1.54) is 11.3 Å². The molecule has 2 aromatic rings. The van der Waals surface area contributed by atoms with Gasteiger partial charge in [-0.3, -0.25) is 19.5 Å². The summed E-state index contributed by atoms with van der Waals surface area (Å²) in [4.78, 5) is 47.9. The first kappa shape index (κ1) is 27.9. The number of thiazole rings is 1. The molecule has 2 aliphatic rings. The van der Waals surface area contributed by atoms with Crippen LogP contribution < -0.4 is 10.6 Å². The number of carboxylic acid groups (broad SMARTS) is 1. The molecule has 13 heteroatoms. The number of ether oxygens (including phenoxy) is 2. The molecule has 0 spiro atoms. The Hall–Kier alpha value is -3.13. The number of aliphatic carboxylic acids is 1. The van der Waals surface area contributed by atoms with Gasteiger partial charge in [-0.1, -0.05) is 28.1 Å². The highest BCUT2D eigenvalue weighted by Crippen LogP contribution is 2.37. The topological polar surface area (TPSA) is 142 Å². The average Bonchev–Trinajstić information content (AvgIpc) is 3.42. The lowest BCUT2D eigenvalue weighted by Gasteiger charge is -2.35. The normalized spacial score (nSPS) is 19.9. The first-order valence-corrected chi connectivity index (χ1v) is 13.7. The summed E-state index contributed by atoms with van der Waals surface area (Å²) >= 11 is 5.07. The molecular formula is C25H28BrN5O6S. The van der Waals surface area contributed by atoms with E-state index in [1.54, 1.807) is 13.1 Å². The zero-order valence-corrected chi connectivity index (χ0v) is 23.3. The molecule has 0 saturated carbocycles. The van der Waals surface area contributed by atoms with Crippen LogP contribution in [0.15, 0.2) is 50.5 Å². The maximum atomic E-state index is 13.3. The van der Waals surface area contributed by atoms with Gasteiger partial charge >= 0.3 is 11.9 Å². The number of nitrogens with one attached hydrogen (secondary N) is 2. The van der Waals surface area contributed by atoms with Crippen LogP contribution in [-0.2, 0) is 23.9 Å². The Bertz CT molecular complexity index is 1260. The van der Waals surface area contributed by atoms with E-state index < -0.39 is 36.5 Å². The Morgan fingerprint density at radius 3 is 2.87 bits per heavy atom. The van der Waals surface area contributed by atoms with E-state index in [0.717, 1.165) is 15.6 Å². The third-order valence-electron chi connectivity index (χ3n) is 5.95. The molecule has 2 aliphatic heterocycles. The third kappa shape index (κ3) is 6.65. The van der Waals surface area contributed by atoms with Gasteiger partial charge in [-0.2, -0.15) is 0 Å². The summed E-state index contributed by atoms with van der Waals surface area (Å²) in [7, 11) is 0. The van der Waals surface area contributed by atoms with Gasteiger partial charge in [0.2, 0.25) is 0 Å². The molecule has 1 amide bonds. The molecule has 11 nitrogen and oxygen atoms in total. The molecule has 3 N–H and O–H groups in total. The zero-order chi connectivity index (χ0) is 27.2. The summed E-state index contributed by atoms with van der Waals surface area (Å²) in [6, 6.07) is 5.22. The highest BCUT2D eigenvalue weighted by molar-refractivity contribution is 9.10. The number of aliphatic imine (C=N–C) groups is 1. The number of amidine groups is 1. The molecule has 1 saturated heterocycles. The highest BCUT2D eigenvalue weighted by atomic mass is 79.9. The summed E-state index contributed by atoms with van der Waals surface area (Å²) < 4.78 is 11.9. The molecule has 3 heterocycles. The number of carbonyl (C=O) groups is 3. The third-order valence-corrected chi connectivity index (χ3v) is 7.41. The fraction of sp³-hybridized carbons (Fsp3) is 0.400. The molecule has 1 fully saturated rings. The van der Waals surface area contributed by atoms with Gasteiger partial charge in [0, 0.05) is 41.4 Å². The van der Waals surface area contributed by atoms with Crippen molar-refractivity contribution in [3.63, 3.8) is 0 Å². The largest absolute Gasteiger partial charge is 0.480 e. The summed E-state index contributed by atoms with van der Waals surface area (Å²) in [6.45, 7) is 4.72. The number of esters is 1. The Labute approximate surface area is 232 Å². The van der Waals surface area contributed by atoms with Gasteiger partial charge in [0.25, 0.3) is 5.91 Å². The van der Waals surface area contributed by atoms with Crippen molar-refractivity contribution in [3.05, 3.63) is 61.7 Å². The molecule has 0 radical (unpaired) electrons. The Balaban J connectivity index is 1.69. The van der Waals surface area contributed by atoms with E-state index in [-0.39, 0.29) is 26.3 Å². The molecule has 0 bridgehead atoms. The van der Waals surface area contributed by atoms with Crippen LogP contribution in [0.3, 0.4) is 0 Å². The fourth-order valence-electron chi connectivity index (χ4n) is 4.20. The molecule has 2 atom stereocenters. The highest BCUT2D eigenvalue weighted by Gasteiger charge is 2.36. The van der Waals surface area contributed by atoms with Crippen LogP contribution in [0.1, 0.15) is 29.1 Å². The quantitative estimate of drug-likeness (QED) is 0.366. The van der Waals surface area contributed by atoms with Crippen LogP contribution in [0.5, 0.6) is 0 Å². The second-order valence-electron chi connectivity index (χ2n) is 8.69. The van der Waals surface area contributed by atoms with E-state index >= 15 is 0 Å². The van der Waals surface area contributed by atoms with Crippen molar-refractivity contribution >= 4 is 50.9 Å². The van der Waals surface area contributed by atoms with Gasteiger partial charge in [-0.05, 0) is 31.0 Å². The number of carboxylic acids is 1. The molecule has 202 valence electrons. The maximum absolute atomic E-state index is 13.3. The van der Waals surface area contributed by atoms with Gasteiger partial charge in [0.05, 0.1) is 18.8 Å². The molecule has 1 aromatic heterocycles. The van der Waals surface area contributed by atoms with Gasteiger partial charge in [-0.15, -0.1) is 11.3 Å². The molecule has 2 unspecified atom stereocenters. The van der Waals surface area contributed by atoms with E-state index in [2.05, 4.69) is 31.5 Å². The predicted octanol–water partition coefficient (Wildman–Crippen LogP) is 2.02. The minimum Gasteiger partial charge on any atom is -0.480 e. The standard InChI is InChI=1S/C25H28BrN5O6S/c1-3-36-25(35)20-17(12-31-7-8-37-18(13-31)23(34)28-11-19(32)33)29-22(24-27-6-9-38-24)30-21(20)15-5-4-14(2)10-16(15)26/h4-6,9-10,18,21H,3,7-8,11-13H2,1-2H3,(H,28,34)(H,29,30)(H,32,33). The van der Waals surface area contributed by atoms with Crippen molar-refractivity contribution in [2.75, 3.05) is 39.4 Å². The van der Waals surface area contributed by atoms with Gasteiger partial charge < -0.3 is 25.2 Å². The molecule has 0 aliphatic carbocycles. The monoisotopic (exact) mass is 605 g/mol. The Morgan fingerprint density at radius 2 is 2.18 bits per heavy atom. The molecule has 38 heavy (non-hydrogen) atoms. The molecule has 1 aromatic carbocycles. The lowest BCUT2D eigenvalue weighted by atomic mass is 9.94. The number of carbonyl (C=O) groups excluding carboxylic acids is 2. The minimum atomic E-state index is -1.14. The fourth-order valence-corrected chi connectivity index (χ4v) is 5.50. The van der Waals surface area contributed by atoms with E-state index in [1.807, 2.05) is 35.4 Å². The van der Waals surface area contributed by atoms with Crippen LogP contribution in [0.25, 0.3) is 0 Å². The number of morpholine rings is 1. The van der Waals surface area contributed by atoms with Gasteiger partial charge in [0.15, 0.2) is 10.8 Å². The van der Waals surface area contributed by atoms with E-state index in [0.29, 0.717) is 28.7 Å². The summed E-state index contributed by atoms with van der Waals surface area (Å²) in [5.41, 5.74) is 2.82. The average molecular weight is 606 g/mol. The lowest BCUT2D eigenvalue weighted by Crippen LogP contribution is -2.52. The second kappa shape index (κ2) is 12.6. The summed E-state index contributed by atoms with van der Waals surface area (Å²) in [5.74, 6) is -1.59. The van der Waals surface area contributed by atoms with E-state index in [4.69, 9.17) is 19.6 Å². The van der Waals surface area contributed by atoms with Crippen LogP contribution >= 0.6 is 27.3 Å². The Morgan fingerprint density at radius 1 is 1.37 bits per heavy atom. The zero-order valence-electron chi connectivity index (χ0n) is 20.9. The number of hydrogen-bond acceptors (Lipinski definition) is 10. The number of aromatic nitrogens is 1. The van der Waals surface area contributed by atoms with Crippen molar-refractivity contribution in [1.82, 2.24) is 20.5 Å². The number of hydrogen-bond donors (Lipinski definition) is 3. The first-order valence-electron chi connectivity index (χ1n) is 12.0. The molecular weight excluding hydrogens is 578 g/mol. The van der Waals surface area contributed by atoms with Crippen LogP contribution in [-0.4, -0.2) is 84.2 Å². The molecule has 4 rings (SSSR count). The number of halogens is 1. The van der Waals surface area contributed by atoms with Gasteiger partial charge in [0.1, 0.15) is 18.7 Å². The predicted molar refractivity (Wildman–Crippen MR) is 144 cm³/mol. The van der Waals surface area contributed by atoms with Crippen LogP contribution in [0.2, 0.25) is 0 Å². The SMILES string of the molecule is CCOC(=O)C1=C(CN2CCOC(C(=O)NCC(=O)O)C2)NC(c2nccs2)=NC1c1ccc(C)cc1Br. The number of rotatable bonds is 9. The van der Waals surface area contributed by atoms with Crippen molar-refractivity contribution in [2.24, 2.45) is 4.99 Å². The summed E-state index contributed by atoms with van der Waals surface area (Å²) in [6.07, 6.45) is 0.848. The van der Waals surface area contributed by atoms with Crippen molar-refractivity contribution in [2.45, 2.75) is 26.0 Å². The number of aryl methyl sites for hydroxylation is 1. The maximum Gasteiger partial charge on any atom is 0.338 e. The van der Waals surface area contributed by atoms with Crippen LogP contribution in [0, 0.1) is 6.92 Å². The van der Waals surface area contributed by atoms with Crippen molar-refractivity contribution < 1.29 is 29.0 Å². The van der Waals surface area contributed by atoms with Crippen molar-refractivity contribution in [1.29, 1.82) is 0 Å². The number of nitrogens with zero attached hydrogens (tertiary/aromatic N) is 3. The van der Waals surface area contributed by atoms with Crippen LogP contribution in [0.4, 0.5) is 0 Å².